The number of anilines is 1. The molecule has 0 saturated heterocycles. The molecule has 3 aromatic rings. The number of carbonyl (C=O) groups excluding carboxylic acids is 1. The number of nitrogens with one attached hydrogen (secondary N) is 1. The van der Waals surface area contributed by atoms with Crippen molar-refractivity contribution >= 4 is 32.6 Å². The molecule has 0 radical (unpaired) electrons. The monoisotopic (exact) mass is 432 g/mol. The van der Waals surface area contributed by atoms with Crippen molar-refractivity contribution in [2.45, 2.75) is 25.2 Å². The summed E-state index contributed by atoms with van der Waals surface area (Å²) in [7, 11) is -2.24. The molecule has 1 heterocycles. The fourth-order valence-electron chi connectivity index (χ4n) is 3.23. The summed E-state index contributed by atoms with van der Waals surface area (Å²) in [4.78, 5) is 12.7. The number of phenols is 1. The highest BCUT2D eigenvalue weighted by molar-refractivity contribution is 7.89. The van der Waals surface area contributed by atoms with Crippen LogP contribution in [0.25, 0.3) is 11.0 Å². The van der Waals surface area contributed by atoms with E-state index < -0.39 is 10.0 Å². The predicted molar refractivity (Wildman–Crippen MR) is 113 cm³/mol. The molecule has 2 aromatic carbocycles. The molecule has 2 N–H and O–H groups in total. The molecule has 0 aliphatic heterocycles. The summed E-state index contributed by atoms with van der Waals surface area (Å²) in [6.45, 7) is 4.22. The van der Waals surface area contributed by atoms with Crippen LogP contribution in [0.1, 0.15) is 19.4 Å². The smallest absolute Gasteiger partial charge is 0.243 e. The standard InChI is InChI=1S/C21H24N2O6S/c1-4-23(5-2)30(26,27)16-7-9-19(28-3)18(12-16)22-21(25)10-14-13-29-20-11-15(24)6-8-17(14)20/h6-9,11-13,24H,4-5,10H2,1-3H3,(H,22,25). The number of nitrogens with zero attached hydrogens (tertiary/aromatic N) is 1. The molecule has 3 rings (SSSR count). The van der Waals surface area contributed by atoms with E-state index in [1.807, 2.05) is 0 Å². The highest BCUT2D eigenvalue weighted by Crippen LogP contribution is 2.30. The minimum Gasteiger partial charge on any atom is -0.508 e. The van der Waals surface area contributed by atoms with E-state index in [1.54, 1.807) is 19.9 Å². The Hall–Kier alpha value is -3.04. The zero-order valence-corrected chi connectivity index (χ0v) is 17.8. The number of phenolic OH excluding ortho intramolecular Hbond substituents is 1. The number of benzene rings is 2. The van der Waals surface area contributed by atoms with Gasteiger partial charge in [0.25, 0.3) is 0 Å². The van der Waals surface area contributed by atoms with Gasteiger partial charge in [0.15, 0.2) is 0 Å². The summed E-state index contributed by atoms with van der Waals surface area (Å²) in [5.41, 5.74) is 1.39. The van der Waals surface area contributed by atoms with Crippen LogP contribution >= 0.6 is 0 Å². The van der Waals surface area contributed by atoms with Crippen LogP contribution in [0.3, 0.4) is 0 Å². The first-order chi connectivity index (χ1) is 14.3. The second kappa shape index (κ2) is 8.76. The Morgan fingerprint density at radius 1 is 1.17 bits per heavy atom. The predicted octanol–water partition coefficient (Wildman–Crippen LogP) is 3.36. The second-order valence-corrected chi connectivity index (χ2v) is 8.56. The summed E-state index contributed by atoms with van der Waals surface area (Å²) < 4.78 is 37.6. The molecule has 0 saturated carbocycles. The number of aromatic hydroxyl groups is 1. The van der Waals surface area contributed by atoms with E-state index in [0.717, 1.165) is 0 Å². The molecule has 0 spiro atoms. The molecule has 0 aliphatic carbocycles. The number of carbonyl (C=O) groups is 1. The van der Waals surface area contributed by atoms with Crippen molar-refractivity contribution < 1.29 is 27.5 Å². The number of amides is 1. The van der Waals surface area contributed by atoms with Gasteiger partial charge >= 0.3 is 0 Å². The maximum atomic E-state index is 12.8. The van der Waals surface area contributed by atoms with E-state index in [0.29, 0.717) is 35.4 Å². The Morgan fingerprint density at radius 3 is 2.57 bits per heavy atom. The van der Waals surface area contributed by atoms with Gasteiger partial charge in [0.1, 0.15) is 17.1 Å². The lowest BCUT2D eigenvalue weighted by atomic mass is 10.1. The number of rotatable bonds is 8. The second-order valence-electron chi connectivity index (χ2n) is 6.62. The van der Waals surface area contributed by atoms with E-state index in [-0.39, 0.29) is 28.7 Å². The SMILES string of the molecule is CCN(CC)S(=O)(=O)c1ccc(OC)c(NC(=O)Cc2coc3cc(O)ccc23)c1. The van der Waals surface area contributed by atoms with E-state index >= 15 is 0 Å². The van der Waals surface area contributed by atoms with Gasteiger partial charge in [-0.15, -0.1) is 0 Å². The zero-order valence-electron chi connectivity index (χ0n) is 17.0. The Balaban J connectivity index is 1.86. The highest BCUT2D eigenvalue weighted by atomic mass is 32.2. The van der Waals surface area contributed by atoms with Gasteiger partial charge in [0.2, 0.25) is 15.9 Å². The average Bonchev–Trinajstić information content (AvgIpc) is 3.10. The first-order valence-electron chi connectivity index (χ1n) is 9.47. The van der Waals surface area contributed by atoms with Crippen molar-refractivity contribution in [2.75, 3.05) is 25.5 Å². The number of fused-ring (bicyclic) bond motifs is 1. The summed E-state index contributed by atoms with van der Waals surface area (Å²) in [5, 5.41) is 13.0. The minimum absolute atomic E-state index is 0.00789. The number of methoxy groups -OCH3 is 1. The van der Waals surface area contributed by atoms with Crippen LogP contribution < -0.4 is 10.1 Å². The normalized spacial score (nSPS) is 11.7. The van der Waals surface area contributed by atoms with Crippen molar-refractivity contribution in [3.63, 3.8) is 0 Å². The molecule has 0 atom stereocenters. The quantitative estimate of drug-likeness (QED) is 0.565. The van der Waals surface area contributed by atoms with Crippen molar-refractivity contribution in [1.82, 2.24) is 4.31 Å². The summed E-state index contributed by atoms with van der Waals surface area (Å²) in [5.74, 6) is 0.0640. The van der Waals surface area contributed by atoms with Crippen LogP contribution in [0.5, 0.6) is 11.5 Å². The Kier molecular flexibility index (Phi) is 6.33. The topological polar surface area (TPSA) is 109 Å². The summed E-state index contributed by atoms with van der Waals surface area (Å²) in [6.07, 6.45) is 1.47. The lowest BCUT2D eigenvalue weighted by Gasteiger charge is -2.19. The van der Waals surface area contributed by atoms with Crippen LogP contribution in [0.2, 0.25) is 0 Å². The van der Waals surface area contributed by atoms with Crippen molar-refractivity contribution in [2.24, 2.45) is 0 Å². The average molecular weight is 432 g/mol. The van der Waals surface area contributed by atoms with Gasteiger partial charge in [-0.05, 0) is 30.3 Å². The number of ether oxygens (including phenoxy) is 1. The molecule has 0 aliphatic rings. The molecule has 9 heteroatoms. The number of hydrogen-bond donors (Lipinski definition) is 2. The molecule has 8 nitrogen and oxygen atoms in total. The van der Waals surface area contributed by atoms with Crippen LogP contribution in [-0.4, -0.2) is 43.9 Å². The molecule has 1 amide bonds. The Morgan fingerprint density at radius 2 is 1.90 bits per heavy atom. The molecule has 1 aromatic heterocycles. The van der Waals surface area contributed by atoms with E-state index in [2.05, 4.69) is 5.32 Å². The molecule has 30 heavy (non-hydrogen) atoms. The number of hydrogen-bond acceptors (Lipinski definition) is 6. The molecule has 0 bridgehead atoms. The third kappa shape index (κ3) is 4.27. The maximum absolute atomic E-state index is 12.8. The maximum Gasteiger partial charge on any atom is 0.243 e. The van der Waals surface area contributed by atoms with Gasteiger partial charge in [-0.1, -0.05) is 13.8 Å². The Bertz CT molecular complexity index is 1170. The van der Waals surface area contributed by atoms with Gasteiger partial charge in [-0.25, -0.2) is 8.42 Å². The third-order valence-electron chi connectivity index (χ3n) is 4.78. The number of furan rings is 1. The summed E-state index contributed by atoms with van der Waals surface area (Å²) in [6, 6.07) is 9.04. The fraction of sp³-hybridized carbons (Fsp3) is 0.286. The van der Waals surface area contributed by atoms with Gasteiger partial charge < -0.3 is 19.6 Å². The first-order valence-corrected chi connectivity index (χ1v) is 10.9. The first kappa shape index (κ1) is 21.7. The van der Waals surface area contributed by atoms with E-state index in [1.165, 1.54) is 48.0 Å². The fourth-order valence-corrected chi connectivity index (χ4v) is 4.72. The summed E-state index contributed by atoms with van der Waals surface area (Å²) >= 11 is 0. The minimum atomic E-state index is -3.68. The van der Waals surface area contributed by atoms with Crippen molar-refractivity contribution in [1.29, 1.82) is 0 Å². The van der Waals surface area contributed by atoms with Crippen LogP contribution in [0, 0.1) is 0 Å². The van der Waals surface area contributed by atoms with E-state index in [9.17, 15) is 18.3 Å². The van der Waals surface area contributed by atoms with Crippen molar-refractivity contribution in [3.05, 3.63) is 48.2 Å². The van der Waals surface area contributed by atoms with Crippen LogP contribution in [-0.2, 0) is 21.2 Å². The largest absolute Gasteiger partial charge is 0.508 e. The van der Waals surface area contributed by atoms with Gasteiger partial charge in [0.05, 0.1) is 30.4 Å². The lowest BCUT2D eigenvalue weighted by Crippen LogP contribution is -2.30. The van der Waals surface area contributed by atoms with E-state index in [4.69, 9.17) is 9.15 Å². The molecule has 0 unspecified atom stereocenters. The molecule has 0 fully saturated rings. The number of sulfonamides is 1. The molecule has 160 valence electrons. The lowest BCUT2D eigenvalue weighted by molar-refractivity contribution is -0.115. The Labute approximate surface area is 175 Å². The van der Waals surface area contributed by atoms with Crippen LogP contribution in [0.15, 0.2) is 52.0 Å². The molecular weight excluding hydrogens is 408 g/mol. The molecular formula is C21H24N2O6S. The van der Waals surface area contributed by atoms with Gasteiger partial charge in [-0.2, -0.15) is 4.31 Å². The third-order valence-corrected chi connectivity index (χ3v) is 6.82. The van der Waals surface area contributed by atoms with Crippen molar-refractivity contribution in [3.8, 4) is 11.5 Å². The van der Waals surface area contributed by atoms with Gasteiger partial charge in [-0.3, -0.25) is 4.79 Å². The van der Waals surface area contributed by atoms with Gasteiger partial charge in [0, 0.05) is 30.1 Å². The zero-order chi connectivity index (χ0) is 21.9. The van der Waals surface area contributed by atoms with Crippen LogP contribution in [0.4, 0.5) is 5.69 Å². The highest BCUT2D eigenvalue weighted by Gasteiger charge is 2.23.